The van der Waals surface area contributed by atoms with Crippen LogP contribution in [-0.4, -0.2) is 10.9 Å². The van der Waals surface area contributed by atoms with Crippen molar-refractivity contribution in [3.63, 3.8) is 0 Å². The molecule has 1 aromatic carbocycles. The first-order valence-electron chi connectivity index (χ1n) is 5.18. The summed E-state index contributed by atoms with van der Waals surface area (Å²) in [4.78, 5) is 15.9. The molecule has 1 aromatic heterocycles. The molecule has 18 heavy (non-hydrogen) atoms. The highest BCUT2D eigenvalue weighted by Gasteiger charge is 2.10. The Morgan fingerprint density at radius 3 is 2.61 bits per heavy atom. The molecular weight excluding hydrogens is 296 g/mol. The van der Waals surface area contributed by atoms with E-state index in [1.807, 2.05) is 12.1 Å². The van der Waals surface area contributed by atoms with Crippen LogP contribution in [0.15, 0.2) is 47.2 Å². The Morgan fingerprint density at radius 1 is 1.22 bits per heavy atom. The number of halogens is 1. The summed E-state index contributed by atoms with van der Waals surface area (Å²) in [5.74, 6) is 5.08. The molecule has 0 fully saturated rings. The van der Waals surface area contributed by atoms with Crippen LogP contribution in [0.3, 0.4) is 0 Å². The number of nitrogen functional groups attached to an aromatic ring is 1. The van der Waals surface area contributed by atoms with Gasteiger partial charge < -0.3 is 10.7 Å². The normalized spacial score (nSPS) is 9.89. The lowest BCUT2D eigenvalue weighted by Crippen LogP contribution is -2.17. The SMILES string of the molecule is NNc1cnccc1C(=O)Nc1ccc(Br)cc1. The number of amides is 1. The van der Waals surface area contributed by atoms with Gasteiger partial charge in [-0.15, -0.1) is 0 Å². The van der Waals surface area contributed by atoms with Gasteiger partial charge in [0.2, 0.25) is 0 Å². The molecule has 0 unspecified atom stereocenters. The molecule has 0 saturated heterocycles. The fraction of sp³-hybridized carbons (Fsp3) is 0. The van der Waals surface area contributed by atoms with E-state index in [1.54, 1.807) is 18.2 Å². The Labute approximate surface area is 113 Å². The summed E-state index contributed by atoms with van der Waals surface area (Å²) in [6.07, 6.45) is 3.04. The van der Waals surface area contributed by atoms with Crippen LogP contribution in [-0.2, 0) is 0 Å². The number of carbonyl (C=O) groups is 1. The van der Waals surface area contributed by atoms with Gasteiger partial charge in [0.15, 0.2) is 0 Å². The van der Waals surface area contributed by atoms with E-state index in [4.69, 9.17) is 5.84 Å². The van der Waals surface area contributed by atoms with Crippen molar-refractivity contribution in [2.45, 2.75) is 0 Å². The zero-order chi connectivity index (χ0) is 13.0. The van der Waals surface area contributed by atoms with Crippen LogP contribution in [0, 0.1) is 0 Å². The second-order valence-electron chi connectivity index (χ2n) is 3.53. The third kappa shape index (κ3) is 2.85. The van der Waals surface area contributed by atoms with E-state index in [-0.39, 0.29) is 5.91 Å². The van der Waals surface area contributed by atoms with E-state index in [9.17, 15) is 4.79 Å². The van der Waals surface area contributed by atoms with Gasteiger partial charge >= 0.3 is 0 Å². The smallest absolute Gasteiger partial charge is 0.257 e. The molecule has 0 aliphatic rings. The van der Waals surface area contributed by atoms with E-state index in [0.29, 0.717) is 16.9 Å². The highest BCUT2D eigenvalue weighted by molar-refractivity contribution is 9.10. The van der Waals surface area contributed by atoms with Crippen LogP contribution >= 0.6 is 15.9 Å². The Hall–Kier alpha value is -1.92. The first-order valence-corrected chi connectivity index (χ1v) is 5.97. The first-order chi connectivity index (χ1) is 8.70. The third-order valence-corrected chi connectivity index (χ3v) is 2.85. The van der Waals surface area contributed by atoms with Gasteiger partial charge in [0.25, 0.3) is 5.91 Å². The Morgan fingerprint density at radius 2 is 1.94 bits per heavy atom. The zero-order valence-corrected chi connectivity index (χ0v) is 10.9. The summed E-state index contributed by atoms with van der Waals surface area (Å²) >= 11 is 3.33. The quantitative estimate of drug-likeness (QED) is 0.601. The van der Waals surface area contributed by atoms with Gasteiger partial charge in [0, 0.05) is 16.4 Å². The molecule has 4 N–H and O–H groups in total. The molecule has 0 atom stereocenters. The number of nitrogens with one attached hydrogen (secondary N) is 2. The van der Waals surface area contributed by atoms with Crippen molar-refractivity contribution in [3.05, 3.63) is 52.8 Å². The largest absolute Gasteiger partial charge is 0.322 e. The minimum atomic E-state index is -0.243. The lowest BCUT2D eigenvalue weighted by molar-refractivity contribution is 0.102. The summed E-state index contributed by atoms with van der Waals surface area (Å²) in [5, 5.41) is 2.78. The van der Waals surface area contributed by atoms with Crippen LogP contribution in [0.5, 0.6) is 0 Å². The number of nitrogens with zero attached hydrogens (tertiary/aromatic N) is 1. The number of aromatic nitrogens is 1. The maximum absolute atomic E-state index is 12.0. The number of pyridine rings is 1. The highest BCUT2D eigenvalue weighted by Crippen LogP contribution is 2.17. The minimum Gasteiger partial charge on any atom is -0.322 e. The van der Waals surface area contributed by atoms with Gasteiger partial charge in [0.05, 0.1) is 17.4 Å². The molecule has 0 aliphatic heterocycles. The summed E-state index contributed by atoms with van der Waals surface area (Å²) in [5.41, 5.74) is 4.07. The average Bonchev–Trinajstić information content (AvgIpc) is 2.41. The molecule has 5 nitrogen and oxygen atoms in total. The fourth-order valence-corrected chi connectivity index (χ4v) is 1.70. The maximum atomic E-state index is 12.0. The standard InChI is InChI=1S/C12H11BrN4O/c13-8-1-3-9(4-2-8)16-12(18)10-5-6-15-7-11(10)17-14/h1-7,17H,14H2,(H,16,18). The van der Waals surface area contributed by atoms with E-state index < -0.39 is 0 Å². The third-order valence-electron chi connectivity index (χ3n) is 2.32. The molecule has 2 aromatic rings. The Kier molecular flexibility index (Phi) is 3.91. The monoisotopic (exact) mass is 306 g/mol. The van der Waals surface area contributed by atoms with Crippen LogP contribution in [0.4, 0.5) is 11.4 Å². The van der Waals surface area contributed by atoms with E-state index in [2.05, 4.69) is 31.7 Å². The minimum absolute atomic E-state index is 0.243. The number of benzene rings is 1. The molecule has 0 saturated carbocycles. The molecule has 1 heterocycles. The lowest BCUT2D eigenvalue weighted by Gasteiger charge is -2.08. The van der Waals surface area contributed by atoms with Crippen molar-refractivity contribution in [3.8, 4) is 0 Å². The molecule has 6 heteroatoms. The number of carbonyl (C=O) groups excluding carboxylic acids is 1. The van der Waals surface area contributed by atoms with Crippen LogP contribution in [0.25, 0.3) is 0 Å². The molecular formula is C12H11BrN4O. The van der Waals surface area contributed by atoms with Gasteiger partial charge in [-0.2, -0.15) is 0 Å². The van der Waals surface area contributed by atoms with Gasteiger partial charge in [-0.25, -0.2) is 0 Å². The van der Waals surface area contributed by atoms with Gasteiger partial charge in [0.1, 0.15) is 0 Å². The van der Waals surface area contributed by atoms with Gasteiger partial charge in [-0.1, -0.05) is 15.9 Å². The van der Waals surface area contributed by atoms with Crippen molar-refractivity contribution < 1.29 is 4.79 Å². The second kappa shape index (κ2) is 5.61. The number of hydrogen-bond acceptors (Lipinski definition) is 4. The van der Waals surface area contributed by atoms with Gasteiger partial charge in [-0.05, 0) is 30.3 Å². The topological polar surface area (TPSA) is 80.0 Å². The average molecular weight is 307 g/mol. The molecule has 0 aliphatic carbocycles. The molecule has 0 spiro atoms. The maximum Gasteiger partial charge on any atom is 0.257 e. The predicted molar refractivity (Wildman–Crippen MR) is 74.1 cm³/mol. The molecule has 0 bridgehead atoms. The zero-order valence-electron chi connectivity index (χ0n) is 9.35. The number of hydrazine groups is 1. The number of hydrogen-bond donors (Lipinski definition) is 3. The van der Waals surface area contributed by atoms with Crippen LogP contribution in [0.1, 0.15) is 10.4 Å². The Balaban J connectivity index is 2.19. The fourth-order valence-electron chi connectivity index (χ4n) is 1.44. The lowest BCUT2D eigenvalue weighted by atomic mass is 10.2. The summed E-state index contributed by atoms with van der Waals surface area (Å²) in [6.45, 7) is 0. The highest BCUT2D eigenvalue weighted by atomic mass is 79.9. The van der Waals surface area contributed by atoms with Crippen LogP contribution in [0.2, 0.25) is 0 Å². The summed E-state index contributed by atoms with van der Waals surface area (Å²) in [7, 11) is 0. The summed E-state index contributed by atoms with van der Waals surface area (Å²) in [6, 6.07) is 8.91. The van der Waals surface area contributed by atoms with Crippen LogP contribution < -0.4 is 16.6 Å². The van der Waals surface area contributed by atoms with Crippen molar-refractivity contribution >= 4 is 33.2 Å². The second-order valence-corrected chi connectivity index (χ2v) is 4.44. The number of nitrogens with two attached hydrogens (primary N) is 1. The molecule has 2 rings (SSSR count). The van der Waals surface area contributed by atoms with Crippen molar-refractivity contribution in [2.75, 3.05) is 10.7 Å². The van der Waals surface area contributed by atoms with E-state index in [1.165, 1.54) is 12.4 Å². The van der Waals surface area contributed by atoms with Crippen molar-refractivity contribution in [2.24, 2.45) is 5.84 Å². The number of rotatable bonds is 3. The summed E-state index contributed by atoms with van der Waals surface area (Å²) < 4.78 is 0.953. The van der Waals surface area contributed by atoms with Gasteiger partial charge in [-0.3, -0.25) is 15.6 Å². The van der Waals surface area contributed by atoms with E-state index in [0.717, 1.165) is 4.47 Å². The first kappa shape index (κ1) is 12.5. The van der Waals surface area contributed by atoms with Crippen molar-refractivity contribution in [1.29, 1.82) is 0 Å². The molecule has 0 radical (unpaired) electrons. The van der Waals surface area contributed by atoms with Crippen molar-refractivity contribution in [1.82, 2.24) is 4.98 Å². The molecule has 92 valence electrons. The Bertz CT molecular complexity index is 556. The molecule has 1 amide bonds. The van der Waals surface area contributed by atoms with E-state index >= 15 is 0 Å². The predicted octanol–water partition coefficient (Wildman–Crippen LogP) is 2.38. The number of anilines is 2.